The summed E-state index contributed by atoms with van der Waals surface area (Å²) in [6.45, 7) is 3.95. The van der Waals surface area contributed by atoms with Crippen LogP contribution in [-0.2, 0) is 9.53 Å². The molecule has 0 saturated carbocycles. The van der Waals surface area contributed by atoms with Crippen molar-refractivity contribution in [2.24, 2.45) is 0 Å². The zero-order chi connectivity index (χ0) is 17.8. The topological polar surface area (TPSA) is 61.9 Å². The highest BCUT2D eigenvalue weighted by atomic mass is 19.1. The summed E-state index contributed by atoms with van der Waals surface area (Å²) >= 11 is 0. The molecule has 1 aromatic carbocycles. The van der Waals surface area contributed by atoms with Crippen LogP contribution >= 0.6 is 0 Å². The lowest BCUT2D eigenvalue weighted by molar-refractivity contribution is -0.133. The number of likely N-dealkylation sites (tertiary alicyclic amines) is 1. The molecule has 136 valence electrons. The molecule has 6 nitrogen and oxygen atoms in total. The van der Waals surface area contributed by atoms with E-state index in [2.05, 4.69) is 10.2 Å². The predicted octanol–water partition coefficient (Wildman–Crippen LogP) is 0.628. The molecule has 1 atom stereocenters. The van der Waals surface area contributed by atoms with E-state index in [9.17, 15) is 18.4 Å². The molecule has 2 aliphatic rings. The summed E-state index contributed by atoms with van der Waals surface area (Å²) in [6.07, 6.45) is 0.755. The van der Waals surface area contributed by atoms with E-state index in [0.717, 1.165) is 37.7 Å². The monoisotopic (exact) mass is 353 g/mol. The van der Waals surface area contributed by atoms with Gasteiger partial charge >= 0.3 is 0 Å². The molecule has 0 aliphatic carbocycles. The largest absolute Gasteiger partial charge is 0.379 e. The summed E-state index contributed by atoms with van der Waals surface area (Å²) in [5.74, 6) is -2.08. The number of rotatable bonds is 5. The molecule has 0 aromatic heterocycles. The van der Waals surface area contributed by atoms with E-state index in [4.69, 9.17) is 4.74 Å². The number of halogens is 2. The normalized spacial score (nSPS) is 21.6. The molecule has 8 heteroatoms. The van der Waals surface area contributed by atoms with Gasteiger partial charge in [0.1, 0.15) is 11.6 Å². The minimum absolute atomic E-state index is 0.0492. The van der Waals surface area contributed by atoms with Crippen LogP contribution in [0.3, 0.4) is 0 Å². The highest BCUT2D eigenvalue weighted by Crippen LogP contribution is 2.18. The van der Waals surface area contributed by atoms with Crippen LogP contribution in [0, 0.1) is 11.6 Å². The van der Waals surface area contributed by atoms with E-state index in [1.54, 1.807) is 4.90 Å². The van der Waals surface area contributed by atoms with Gasteiger partial charge in [0.05, 0.1) is 24.8 Å². The van der Waals surface area contributed by atoms with E-state index in [1.165, 1.54) is 0 Å². The van der Waals surface area contributed by atoms with Crippen LogP contribution in [0.2, 0.25) is 0 Å². The number of carbonyl (C=O) groups is 2. The van der Waals surface area contributed by atoms with E-state index < -0.39 is 17.5 Å². The molecule has 1 aromatic rings. The van der Waals surface area contributed by atoms with E-state index >= 15 is 0 Å². The van der Waals surface area contributed by atoms with Gasteiger partial charge in [-0.3, -0.25) is 14.5 Å². The number of hydrogen-bond donors (Lipinski definition) is 1. The van der Waals surface area contributed by atoms with Crippen molar-refractivity contribution in [3.63, 3.8) is 0 Å². The maximum absolute atomic E-state index is 13.6. The summed E-state index contributed by atoms with van der Waals surface area (Å²) in [6, 6.07) is 2.61. The van der Waals surface area contributed by atoms with Crippen LogP contribution in [0.15, 0.2) is 18.2 Å². The Labute approximate surface area is 144 Å². The van der Waals surface area contributed by atoms with Crippen molar-refractivity contribution in [2.75, 3.05) is 45.9 Å². The van der Waals surface area contributed by atoms with E-state index in [-0.39, 0.29) is 24.1 Å². The number of morpholine rings is 1. The first kappa shape index (κ1) is 17.8. The Bertz CT molecular complexity index is 650. The van der Waals surface area contributed by atoms with Crippen molar-refractivity contribution in [2.45, 2.75) is 12.5 Å². The first-order valence-corrected chi connectivity index (χ1v) is 8.40. The van der Waals surface area contributed by atoms with Crippen LogP contribution in [-0.4, -0.2) is 73.6 Å². The standard InChI is InChI=1S/C17H21F2N3O3/c18-12-1-2-14(19)13(11-12)16(23)20-4-6-22-5-3-15(17(22)24)21-7-9-25-10-8-21/h1-2,11,15H,3-10H2,(H,20,23). The molecule has 2 fully saturated rings. The SMILES string of the molecule is O=C(NCCN1CCC(N2CCOCC2)C1=O)c1cc(F)ccc1F. The van der Waals surface area contributed by atoms with Gasteiger partial charge in [-0.15, -0.1) is 0 Å². The predicted molar refractivity (Wildman–Crippen MR) is 86.1 cm³/mol. The second-order valence-electron chi connectivity index (χ2n) is 6.16. The lowest BCUT2D eigenvalue weighted by Crippen LogP contribution is -2.48. The average molecular weight is 353 g/mol. The molecule has 0 radical (unpaired) electrons. The highest BCUT2D eigenvalue weighted by Gasteiger charge is 2.36. The first-order chi connectivity index (χ1) is 12.1. The van der Waals surface area contributed by atoms with Crippen molar-refractivity contribution in [1.82, 2.24) is 15.1 Å². The third-order valence-electron chi connectivity index (χ3n) is 4.60. The van der Waals surface area contributed by atoms with Gasteiger partial charge in [0.2, 0.25) is 5.91 Å². The van der Waals surface area contributed by atoms with Crippen LogP contribution in [0.25, 0.3) is 0 Å². The van der Waals surface area contributed by atoms with Gasteiger partial charge in [0, 0.05) is 32.7 Å². The zero-order valence-corrected chi connectivity index (χ0v) is 13.8. The number of benzene rings is 1. The number of nitrogens with zero attached hydrogens (tertiary/aromatic N) is 2. The Morgan fingerprint density at radius 1 is 1.24 bits per heavy atom. The third-order valence-corrected chi connectivity index (χ3v) is 4.60. The van der Waals surface area contributed by atoms with Crippen molar-refractivity contribution < 1.29 is 23.1 Å². The summed E-state index contributed by atoms with van der Waals surface area (Å²) in [5.41, 5.74) is -0.334. The fraction of sp³-hybridized carbons (Fsp3) is 0.529. The summed E-state index contributed by atoms with van der Waals surface area (Å²) in [5, 5.41) is 2.54. The fourth-order valence-electron chi connectivity index (χ4n) is 3.24. The van der Waals surface area contributed by atoms with Gasteiger partial charge < -0.3 is 15.0 Å². The van der Waals surface area contributed by atoms with Gasteiger partial charge in [-0.05, 0) is 24.6 Å². The number of nitrogens with one attached hydrogen (secondary N) is 1. The van der Waals surface area contributed by atoms with Crippen molar-refractivity contribution in [3.8, 4) is 0 Å². The summed E-state index contributed by atoms with van der Waals surface area (Å²) < 4.78 is 32.0. The zero-order valence-electron chi connectivity index (χ0n) is 13.8. The first-order valence-electron chi connectivity index (χ1n) is 8.40. The number of hydrogen-bond acceptors (Lipinski definition) is 4. The molecule has 0 bridgehead atoms. The van der Waals surface area contributed by atoms with Crippen LogP contribution < -0.4 is 5.32 Å². The molecule has 2 aliphatic heterocycles. The number of ether oxygens (including phenoxy) is 1. The Morgan fingerprint density at radius 3 is 2.76 bits per heavy atom. The highest BCUT2D eigenvalue weighted by molar-refractivity contribution is 5.94. The molecule has 2 amide bonds. The Morgan fingerprint density at radius 2 is 2.00 bits per heavy atom. The molecule has 2 saturated heterocycles. The van der Waals surface area contributed by atoms with Crippen LogP contribution in [0.5, 0.6) is 0 Å². The minimum atomic E-state index is -0.775. The quantitative estimate of drug-likeness (QED) is 0.843. The van der Waals surface area contributed by atoms with Gasteiger partial charge in [-0.1, -0.05) is 0 Å². The van der Waals surface area contributed by atoms with Gasteiger partial charge in [-0.2, -0.15) is 0 Å². The second-order valence-corrected chi connectivity index (χ2v) is 6.16. The van der Waals surface area contributed by atoms with Crippen LogP contribution in [0.1, 0.15) is 16.8 Å². The summed E-state index contributed by atoms with van der Waals surface area (Å²) in [7, 11) is 0. The summed E-state index contributed by atoms with van der Waals surface area (Å²) in [4.78, 5) is 28.2. The third kappa shape index (κ3) is 4.13. The van der Waals surface area contributed by atoms with Gasteiger partial charge in [0.25, 0.3) is 5.91 Å². The number of carbonyl (C=O) groups excluding carboxylic acids is 2. The number of amides is 2. The molecular formula is C17H21F2N3O3. The van der Waals surface area contributed by atoms with Crippen molar-refractivity contribution >= 4 is 11.8 Å². The van der Waals surface area contributed by atoms with Crippen molar-refractivity contribution in [3.05, 3.63) is 35.4 Å². The fourth-order valence-corrected chi connectivity index (χ4v) is 3.24. The average Bonchev–Trinajstić information content (AvgIpc) is 2.98. The Hall–Kier alpha value is -2.06. The van der Waals surface area contributed by atoms with E-state index in [1.807, 2.05) is 0 Å². The lowest BCUT2D eigenvalue weighted by atomic mass is 10.2. The van der Waals surface area contributed by atoms with Gasteiger partial charge in [-0.25, -0.2) is 8.78 Å². The van der Waals surface area contributed by atoms with Crippen molar-refractivity contribution in [1.29, 1.82) is 0 Å². The maximum Gasteiger partial charge on any atom is 0.254 e. The Kier molecular flexibility index (Phi) is 5.60. The van der Waals surface area contributed by atoms with E-state index in [0.29, 0.717) is 26.3 Å². The molecule has 0 spiro atoms. The molecule has 1 N–H and O–H groups in total. The van der Waals surface area contributed by atoms with Crippen LogP contribution in [0.4, 0.5) is 8.78 Å². The second kappa shape index (κ2) is 7.88. The molecule has 2 heterocycles. The lowest BCUT2D eigenvalue weighted by Gasteiger charge is -2.31. The smallest absolute Gasteiger partial charge is 0.254 e. The molecule has 1 unspecified atom stereocenters. The minimum Gasteiger partial charge on any atom is -0.379 e. The van der Waals surface area contributed by atoms with Gasteiger partial charge in [0.15, 0.2) is 0 Å². The molecule has 3 rings (SSSR count). The Balaban J connectivity index is 1.48. The molecule has 25 heavy (non-hydrogen) atoms. The molecular weight excluding hydrogens is 332 g/mol. The maximum atomic E-state index is 13.6.